The minimum atomic E-state index is -0.495. The molecular formula is C34H37F2NO3. The van der Waals surface area contributed by atoms with Crippen molar-refractivity contribution in [1.82, 2.24) is 4.98 Å². The van der Waals surface area contributed by atoms with Crippen molar-refractivity contribution in [2.24, 2.45) is 0 Å². The number of aryl methyl sites for hydroxylation is 1. The molecular weight excluding hydrogens is 508 g/mol. The van der Waals surface area contributed by atoms with Crippen molar-refractivity contribution in [3.63, 3.8) is 0 Å². The zero-order chi connectivity index (χ0) is 28.2. The first-order chi connectivity index (χ1) is 19.6. The number of aromatic nitrogens is 1. The summed E-state index contributed by atoms with van der Waals surface area (Å²) < 4.78 is 46.2. The molecule has 4 rings (SSSR count). The molecule has 0 saturated heterocycles. The minimum Gasteiger partial charge on any atom is -0.491 e. The van der Waals surface area contributed by atoms with Crippen molar-refractivity contribution >= 4 is 0 Å². The molecule has 0 fully saturated rings. The van der Waals surface area contributed by atoms with Crippen LogP contribution in [0.25, 0.3) is 22.3 Å². The van der Waals surface area contributed by atoms with Crippen molar-refractivity contribution in [3.8, 4) is 33.9 Å². The molecule has 210 valence electrons. The fourth-order valence-electron chi connectivity index (χ4n) is 4.48. The Morgan fingerprint density at radius 3 is 2.05 bits per heavy atom. The lowest BCUT2D eigenvalue weighted by atomic mass is 9.99. The van der Waals surface area contributed by atoms with Crippen molar-refractivity contribution in [2.75, 3.05) is 20.3 Å². The lowest BCUT2D eigenvalue weighted by Crippen LogP contribution is -2.00. The predicted molar refractivity (Wildman–Crippen MR) is 156 cm³/mol. The van der Waals surface area contributed by atoms with Crippen LogP contribution in [0.1, 0.15) is 50.2 Å². The van der Waals surface area contributed by atoms with Crippen LogP contribution in [0.3, 0.4) is 0 Å². The second kappa shape index (κ2) is 15.1. The van der Waals surface area contributed by atoms with Crippen LogP contribution in [-0.2, 0) is 17.8 Å². The quantitative estimate of drug-likeness (QED) is 0.140. The van der Waals surface area contributed by atoms with Gasteiger partial charge < -0.3 is 14.2 Å². The Balaban J connectivity index is 1.32. The highest BCUT2D eigenvalue weighted by Gasteiger charge is 2.11. The van der Waals surface area contributed by atoms with Gasteiger partial charge in [-0.3, -0.25) is 0 Å². The van der Waals surface area contributed by atoms with Gasteiger partial charge in [-0.25, -0.2) is 13.8 Å². The highest BCUT2D eigenvalue weighted by Crippen LogP contribution is 2.31. The summed E-state index contributed by atoms with van der Waals surface area (Å²) in [6, 6.07) is 21.3. The maximum absolute atomic E-state index is 15.1. The van der Waals surface area contributed by atoms with Gasteiger partial charge in [0.2, 0.25) is 5.88 Å². The first-order valence-electron chi connectivity index (χ1n) is 14.0. The van der Waals surface area contributed by atoms with Gasteiger partial charge in [0.15, 0.2) is 11.6 Å². The molecule has 3 aromatic carbocycles. The molecule has 0 unspecified atom stereocenters. The second-order valence-electron chi connectivity index (χ2n) is 9.84. The number of pyridine rings is 1. The van der Waals surface area contributed by atoms with Crippen molar-refractivity contribution in [1.29, 1.82) is 0 Å². The molecule has 4 aromatic rings. The molecule has 0 spiro atoms. The van der Waals surface area contributed by atoms with Gasteiger partial charge in [0.05, 0.1) is 6.61 Å². The predicted octanol–water partition coefficient (Wildman–Crippen LogP) is 8.81. The van der Waals surface area contributed by atoms with Gasteiger partial charge in [-0.05, 0) is 71.7 Å². The molecule has 0 amide bonds. The number of hydrogen-bond acceptors (Lipinski definition) is 4. The van der Waals surface area contributed by atoms with Gasteiger partial charge >= 0.3 is 0 Å². The van der Waals surface area contributed by atoms with Gasteiger partial charge in [0, 0.05) is 31.5 Å². The molecule has 0 atom stereocenters. The van der Waals surface area contributed by atoms with E-state index in [0.29, 0.717) is 30.2 Å². The third-order valence-electron chi connectivity index (χ3n) is 6.72. The number of benzene rings is 3. The molecule has 1 heterocycles. The maximum atomic E-state index is 15.1. The van der Waals surface area contributed by atoms with E-state index in [1.807, 2.05) is 48.7 Å². The Labute approximate surface area is 236 Å². The van der Waals surface area contributed by atoms with Crippen molar-refractivity contribution in [3.05, 3.63) is 102 Å². The summed E-state index contributed by atoms with van der Waals surface area (Å²) in [5.74, 6) is -0.130. The van der Waals surface area contributed by atoms with E-state index in [1.165, 1.54) is 17.7 Å². The topological polar surface area (TPSA) is 40.6 Å². The summed E-state index contributed by atoms with van der Waals surface area (Å²) in [6.07, 6.45) is 7.85. The van der Waals surface area contributed by atoms with Gasteiger partial charge in [-0.2, -0.15) is 0 Å². The van der Waals surface area contributed by atoms with Gasteiger partial charge in [0.25, 0.3) is 0 Å². The van der Waals surface area contributed by atoms with E-state index in [-0.39, 0.29) is 5.75 Å². The average Bonchev–Trinajstić information content (AvgIpc) is 2.97. The number of rotatable bonds is 15. The third-order valence-corrected chi connectivity index (χ3v) is 6.72. The molecule has 6 heteroatoms. The lowest BCUT2D eigenvalue weighted by Gasteiger charge is -2.11. The van der Waals surface area contributed by atoms with Crippen LogP contribution in [0.2, 0.25) is 0 Å². The van der Waals surface area contributed by atoms with E-state index in [0.717, 1.165) is 61.8 Å². The third kappa shape index (κ3) is 8.36. The van der Waals surface area contributed by atoms with Crippen LogP contribution in [0.4, 0.5) is 8.78 Å². The smallest absolute Gasteiger partial charge is 0.213 e. The summed E-state index contributed by atoms with van der Waals surface area (Å²) in [5.41, 5.74) is 4.63. The Kier molecular flexibility index (Phi) is 11.1. The summed E-state index contributed by atoms with van der Waals surface area (Å²) in [7, 11) is 1.69. The Morgan fingerprint density at radius 1 is 0.675 bits per heavy atom. The number of ether oxygens (including phenoxy) is 3. The monoisotopic (exact) mass is 545 g/mol. The molecule has 0 radical (unpaired) electrons. The number of unbranched alkanes of at least 4 members (excludes halogenated alkanes) is 3. The molecule has 4 nitrogen and oxygen atoms in total. The Hall–Kier alpha value is -3.77. The summed E-state index contributed by atoms with van der Waals surface area (Å²) in [5, 5.41) is 0. The standard InChI is InChI=1S/C34H37F2NO3/c1-3-8-25-11-18-34(37-23-25)40-24-26-9-12-27(13-10-26)28-14-16-30(31(35)21-28)29-15-17-33(32(36)22-29)39-20-7-5-4-6-19-38-2/h9-18,21-23H,3-8,19-20,24H2,1-2H3. The highest BCUT2D eigenvalue weighted by atomic mass is 19.1. The van der Waals surface area contributed by atoms with E-state index in [4.69, 9.17) is 14.2 Å². The highest BCUT2D eigenvalue weighted by molar-refractivity contribution is 5.71. The number of halogens is 2. The van der Waals surface area contributed by atoms with Crippen LogP contribution in [0, 0.1) is 11.6 Å². The van der Waals surface area contributed by atoms with E-state index in [1.54, 1.807) is 25.3 Å². The SMILES string of the molecule is CCCc1ccc(OCc2ccc(-c3ccc(-c4ccc(OCCCCCCOC)c(F)c4)c(F)c3)cc2)nc1. The molecule has 1 aromatic heterocycles. The fraction of sp³-hybridized carbons (Fsp3) is 0.324. The number of hydrogen-bond donors (Lipinski definition) is 0. The normalized spacial score (nSPS) is 11.0. The van der Waals surface area contributed by atoms with Gasteiger partial charge in [-0.15, -0.1) is 0 Å². The van der Waals surface area contributed by atoms with E-state index in [2.05, 4.69) is 11.9 Å². The molecule has 0 aliphatic carbocycles. The molecule has 40 heavy (non-hydrogen) atoms. The molecule has 0 saturated carbocycles. The lowest BCUT2D eigenvalue weighted by molar-refractivity contribution is 0.191. The minimum absolute atomic E-state index is 0.186. The molecule has 0 N–H and O–H groups in total. The van der Waals surface area contributed by atoms with Gasteiger partial charge in [0.1, 0.15) is 12.4 Å². The molecule has 0 aliphatic rings. The molecule has 0 bridgehead atoms. The van der Waals surface area contributed by atoms with E-state index < -0.39 is 11.6 Å². The number of nitrogens with zero attached hydrogens (tertiary/aromatic N) is 1. The zero-order valence-electron chi connectivity index (χ0n) is 23.3. The number of methoxy groups -OCH3 is 1. The zero-order valence-corrected chi connectivity index (χ0v) is 23.3. The largest absolute Gasteiger partial charge is 0.491 e. The van der Waals surface area contributed by atoms with E-state index in [9.17, 15) is 4.39 Å². The van der Waals surface area contributed by atoms with Crippen molar-refractivity contribution in [2.45, 2.75) is 52.1 Å². The Morgan fingerprint density at radius 2 is 1.38 bits per heavy atom. The average molecular weight is 546 g/mol. The van der Waals surface area contributed by atoms with Crippen LogP contribution in [-0.4, -0.2) is 25.3 Å². The summed E-state index contributed by atoms with van der Waals surface area (Å²) >= 11 is 0. The maximum Gasteiger partial charge on any atom is 0.213 e. The Bertz CT molecular complexity index is 1340. The van der Waals surface area contributed by atoms with E-state index >= 15 is 4.39 Å². The summed E-state index contributed by atoms with van der Waals surface area (Å²) in [6.45, 7) is 3.73. The van der Waals surface area contributed by atoms with Crippen LogP contribution in [0.5, 0.6) is 11.6 Å². The van der Waals surface area contributed by atoms with Gasteiger partial charge in [-0.1, -0.05) is 68.3 Å². The fourth-order valence-corrected chi connectivity index (χ4v) is 4.48. The molecule has 0 aliphatic heterocycles. The first kappa shape index (κ1) is 29.2. The second-order valence-corrected chi connectivity index (χ2v) is 9.84. The first-order valence-corrected chi connectivity index (χ1v) is 14.0. The summed E-state index contributed by atoms with van der Waals surface area (Å²) in [4.78, 5) is 4.36. The van der Waals surface area contributed by atoms with Crippen LogP contribution in [0.15, 0.2) is 79.0 Å². The van der Waals surface area contributed by atoms with Crippen molar-refractivity contribution < 1.29 is 23.0 Å². The van der Waals surface area contributed by atoms with Crippen LogP contribution >= 0.6 is 0 Å². The van der Waals surface area contributed by atoms with Crippen LogP contribution < -0.4 is 9.47 Å².